The summed E-state index contributed by atoms with van der Waals surface area (Å²) in [4.78, 5) is 3.95. The van der Waals surface area contributed by atoms with E-state index in [1.54, 1.807) is 16.4 Å². The van der Waals surface area contributed by atoms with Gasteiger partial charge >= 0.3 is 0 Å². The van der Waals surface area contributed by atoms with Crippen LogP contribution in [-0.4, -0.2) is 47.2 Å². The molecule has 118 valence electrons. The van der Waals surface area contributed by atoms with Gasteiger partial charge in [0.2, 0.25) is 5.89 Å². The third kappa shape index (κ3) is 3.98. The van der Waals surface area contributed by atoms with Crippen LogP contribution in [0.3, 0.4) is 0 Å². The van der Waals surface area contributed by atoms with Gasteiger partial charge in [-0.2, -0.15) is 0 Å². The number of hydrogen-bond donors (Lipinski definition) is 0. The Morgan fingerprint density at radius 2 is 1.95 bits per heavy atom. The molecule has 1 aromatic carbocycles. The van der Waals surface area contributed by atoms with Gasteiger partial charge in [-0.25, -0.2) is 4.68 Å². The molecule has 1 fully saturated rings. The van der Waals surface area contributed by atoms with Gasteiger partial charge in [0.15, 0.2) is 0 Å². The number of ether oxygens (including phenoxy) is 1. The van der Waals surface area contributed by atoms with Crippen LogP contribution in [-0.2, 0) is 17.8 Å². The van der Waals surface area contributed by atoms with Crippen LogP contribution in [0.4, 0.5) is 0 Å². The first-order valence-electron chi connectivity index (χ1n) is 7.24. The van der Waals surface area contributed by atoms with Crippen LogP contribution in [0.2, 0.25) is 0 Å². The van der Waals surface area contributed by atoms with E-state index in [0.29, 0.717) is 23.8 Å². The van der Waals surface area contributed by atoms with Crippen LogP contribution in [0.5, 0.6) is 0 Å². The average molecular weight is 337 g/mol. The lowest BCUT2D eigenvalue weighted by atomic mass is 10.1. The van der Waals surface area contributed by atoms with E-state index in [2.05, 4.69) is 40.5 Å². The number of morpholine rings is 1. The number of benzene rings is 1. The van der Waals surface area contributed by atoms with Crippen LogP contribution < -0.4 is 0 Å². The van der Waals surface area contributed by atoms with E-state index in [4.69, 9.17) is 21.4 Å². The minimum atomic E-state index is 0.433. The van der Waals surface area contributed by atoms with Crippen molar-refractivity contribution in [3.05, 3.63) is 40.6 Å². The summed E-state index contributed by atoms with van der Waals surface area (Å²) >= 11 is 7.00. The van der Waals surface area contributed by atoms with Crippen molar-refractivity contribution in [1.82, 2.24) is 14.7 Å². The quantitative estimate of drug-likeness (QED) is 0.617. The lowest BCUT2D eigenvalue weighted by Crippen LogP contribution is -2.37. The SMILES string of the molecule is CSc1ccc(Cc2nn(CN3CCOCC3)c(=S)o2)cc1. The van der Waals surface area contributed by atoms with Crippen molar-refractivity contribution in [3.8, 4) is 0 Å². The van der Waals surface area contributed by atoms with Gasteiger partial charge in [-0.3, -0.25) is 4.90 Å². The summed E-state index contributed by atoms with van der Waals surface area (Å²) in [6.07, 6.45) is 2.73. The van der Waals surface area contributed by atoms with Crippen molar-refractivity contribution in [2.45, 2.75) is 18.0 Å². The largest absolute Gasteiger partial charge is 0.414 e. The molecule has 7 heteroatoms. The third-order valence-electron chi connectivity index (χ3n) is 3.60. The van der Waals surface area contributed by atoms with Crippen LogP contribution in [0, 0.1) is 4.84 Å². The van der Waals surface area contributed by atoms with Gasteiger partial charge in [-0.15, -0.1) is 16.9 Å². The molecule has 5 nitrogen and oxygen atoms in total. The highest BCUT2D eigenvalue weighted by molar-refractivity contribution is 7.98. The Labute approximate surface area is 139 Å². The Balaban J connectivity index is 1.67. The van der Waals surface area contributed by atoms with Crippen LogP contribution in [0.25, 0.3) is 0 Å². The molecule has 2 heterocycles. The van der Waals surface area contributed by atoms with E-state index in [-0.39, 0.29) is 0 Å². The predicted octanol–water partition coefficient (Wildman–Crippen LogP) is 2.81. The lowest BCUT2D eigenvalue weighted by Gasteiger charge is -2.25. The Morgan fingerprint density at radius 1 is 1.23 bits per heavy atom. The zero-order valence-corrected chi connectivity index (χ0v) is 14.2. The van der Waals surface area contributed by atoms with Gasteiger partial charge in [0.25, 0.3) is 4.84 Å². The first kappa shape index (κ1) is 15.7. The summed E-state index contributed by atoms with van der Waals surface area (Å²) in [7, 11) is 0. The molecule has 3 rings (SSSR count). The molecule has 0 amide bonds. The summed E-state index contributed by atoms with van der Waals surface area (Å²) in [5.41, 5.74) is 1.17. The molecule has 0 saturated carbocycles. The fourth-order valence-corrected chi connectivity index (χ4v) is 2.96. The highest BCUT2D eigenvalue weighted by Gasteiger charge is 2.13. The molecule has 0 unspecified atom stereocenters. The van der Waals surface area contributed by atoms with E-state index in [9.17, 15) is 0 Å². The van der Waals surface area contributed by atoms with Gasteiger partial charge in [-0.1, -0.05) is 12.1 Å². The van der Waals surface area contributed by atoms with Gasteiger partial charge in [0.1, 0.15) is 0 Å². The summed E-state index contributed by atoms with van der Waals surface area (Å²) in [5.74, 6) is 0.662. The van der Waals surface area contributed by atoms with Crippen molar-refractivity contribution in [1.29, 1.82) is 0 Å². The Morgan fingerprint density at radius 3 is 2.64 bits per heavy atom. The molecule has 0 radical (unpaired) electrons. The number of nitrogens with zero attached hydrogens (tertiary/aromatic N) is 3. The molecule has 0 aliphatic carbocycles. The molecule has 0 N–H and O–H groups in total. The van der Waals surface area contributed by atoms with Crippen molar-refractivity contribution in [2.24, 2.45) is 0 Å². The monoisotopic (exact) mass is 337 g/mol. The zero-order valence-electron chi connectivity index (χ0n) is 12.5. The maximum atomic E-state index is 5.62. The predicted molar refractivity (Wildman–Crippen MR) is 88.7 cm³/mol. The smallest absolute Gasteiger partial charge is 0.288 e. The molecule has 22 heavy (non-hydrogen) atoms. The Kier molecular flexibility index (Phi) is 5.30. The van der Waals surface area contributed by atoms with Gasteiger partial charge < -0.3 is 9.15 Å². The molecular weight excluding hydrogens is 318 g/mol. The summed E-state index contributed by atoms with van der Waals surface area (Å²) in [6, 6.07) is 8.43. The topological polar surface area (TPSA) is 43.4 Å². The van der Waals surface area contributed by atoms with Crippen molar-refractivity contribution in [3.63, 3.8) is 0 Å². The number of thioether (sulfide) groups is 1. The summed E-state index contributed by atoms with van der Waals surface area (Å²) < 4.78 is 12.7. The second-order valence-corrected chi connectivity index (χ2v) is 6.39. The normalized spacial score (nSPS) is 16.0. The number of aromatic nitrogens is 2. The molecule has 1 aromatic heterocycles. The maximum Gasteiger partial charge on any atom is 0.288 e. The molecule has 0 spiro atoms. The van der Waals surface area contributed by atoms with Crippen molar-refractivity contribution in [2.75, 3.05) is 32.6 Å². The maximum absolute atomic E-state index is 5.62. The van der Waals surface area contributed by atoms with Gasteiger partial charge in [0, 0.05) is 18.0 Å². The van der Waals surface area contributed by atoms with E-state index < -0.39 is 0 Å². The third-order valence-corrected chi connectivity index (χ3v) is 4.64. The zero-order chi connectivity index (χ0) is 15.4. The second-order valence-electron chi connectivity index (χ2n) is 5.16. The van der Waals surface area contributed by atoms with E-state index in [0.717, 1.165) is 26.3 Å². The van der Waals surface area contributed by atoms with E-state index >= 15 is 0 Å². The first-order chi connectivity index (χ1) is 10.7. The number of hydrogen-bond acceptors (Lipinski definition) is 6. The molecule has 1 saturated heterocycles. The number of rotatable bonds is 5. The van der Waals surface area contributed by atoms with Gasteiger partial charge in [0.05, 0.1) is 26.3 Å². The van der Waals surface area contributed by atoms with Crippen molar-refractivity contribution < 1.29 is 9.15 Å². The molecule has 0 bridgehead atoms. The van der Waals surface area contributed by atoms with Crippen LogP contribution >= 0.6 is 24.0 Å². The minimum absolute atomic E-state index is 0.433. The van der Waals surface area contributed by atoms with E-state index in [1.165, 1.54) is 10.5 Å². The van der Waals surface area contributed by atoms with E-state index in [1.807, 2.05) is 0 Å². The fraction of sp³-hybridized carbons (Fsp3) is 0.467. The lowest BCUT2D eigenvalue weighted by molar-refractivity contribution is 0.0206. The first-order valence-corrected chi connectivity index (χ1v) is 8.88. The Bertz CT molecular complexity index is 660. The molecule has 0 atom stereocenters. The second kappa shape index (κ2) is 7.41. The van der Waals surface area contributed by atoms with Crippen molar-refractivity contribution >= 4 is 24.0 Å². The molecule has 1 aliphatic rings. The molecule has 1 aliphatic heterocycles. The average Bonchev–Trinajstić information content (AvgIpc) is 2.88. The Hall–Kier alpha value is -1.15. The standard InChI is InChI=1S/C15H19N3O2S2/c1-22-13-4-2-12(3-5-13)10-14-16-18(15(21)20-14)11-17-6-8-19-9-7-17/h2-5H,6-11H2,1H3. The molecule has 2 aromatic rings. The molecular formula is C15H19N3O2S2. The minimum Gasteiger partial charge on any atom is -0.414 e. The highest BCUT2D eigenvalue weighted by atomic mass is 32.2. The van der Waals surface area contributed by atoms with Crippen LogP contribution in [0.15, 0.2) is 33.6 Å². The van der Waals surface area contributed by atoms with Gasteiger partial charge in [-0.05, 0) is 36.2 Å². The summed E-state index contributed by atoms with van der Waals surface area (Å²) in [6.45, 7) is 4.00. The highest BCUT2D eigenvalue weighted by Crippen LogP contribution is 2.16. The van der Waals surface area contributed by atoms with Crippen LogP contribution in [0.1, 0.15) is 11.5 Å². The summed E-state index contributed by atoms with van der Waals surface area (Å²) in [5, 5.41) is 4.50. The fourth-order valence-electron chi connectivity index (χ4n) is 2.36.